The van der Waals surface area contributed by atoms with Crippen LogP contribution in [0.2, 0.25) is 16.6 Å². The molecule has 3 nitrogen and oxygen atoms in total. The first kappa shape index (κ1) is 17.4. The Balaban J connectivity index is 2.05. The Hall–Kier alpha value is -1.00. The zero-order valence-electron chi connectivity index (χ0n) is 16.3. The number of allylic oxidation sites excluding steroid dienone is 2. The summed E-state index contributed by atoms with van der Waals surface area (Å²) in [4.78, 5) is 26.6. The van der Waals surface area contributed by atoms with E-state index in [2.05, 4.69) is 41.5 Å². The van der Waals surface area contributed by atoms with E-state index in [0.29, 0.717) is 23.2 Å². The summed E-state index contributed by atoms with van der Waals surface area (Å²) in [5, 5.41) is 1.11. The number of Topliss-reactive ketones (excluding diaryl/α,β-unsaturated/α-hetero) is 1. The lowest BCUT2D eigenvalue weighted by atomic mass is 9.67. The summed E-state index contributed by atoms with van der Waals surface area (Å²) in [6, 6.07) is 0. The summed E-state index contributed by atoms with van der Waals surface area (Å²) < 4.78 is 6.20. The third kappa shape index (κ3) is 1.76. The number of rotatable bonds is 4. The van der Waals surface area contributed by atoms with Crippen molar-refractivity contribution in [2.75, 3.05) is 6.61 Å². The van der Waals surface area contributed by atoms with E-state index in [1.807, 2.05) is 0 Å². The van der Waals surface area contributed by atoms with Gasteiger partial charge in [0.25, 0.3) is 0 Å². The van der Waals surface area contributed by atoms with Crippen molar-refractivity contribution in [3.8, 4) is 0 Å². The van der Waals surface area contributed by atoms with E-state index in [-0.39, 0.29) is 23.1 Å². The predicted molar refractivity (Wildman–Crippen MR) is 101 cm³/mol. The van der Waals surface area contributed by atoms with Crippen LogP contribution in [0.5, 0.6) is 0 Å². The molecule has 3 atom stereocenters. The molecule has 0 N–H and O–H groups in total. The average Bonchev–Trinajstić information content (AvgIpc) is 3.04. The number of hydrogen-bond acceptors (Lipinski definition) is 3. The Morgan fingerprint density at radius 3 is 2.24 bits per heavy atom. The quantitative estimate of drug-likeness (QED) is 0.553. The second-order valence-electron chi connectivity index (χ2n) is 9.36. The van der Waals surface area contributed by atoms with E-state index in [4.69, 9.17) is 4.74 Å². The normalized spacial score (nSPS) is 34.0. The van der Waals surface area contributed by atoms with Crippen molar-refractivity contribution < 1.29 is 14.3 Å². The van der Waals surface area contributed by atoms with Gasteiger partial charge in [0, 0.05) is 0 Å². The van der Waals surface area contributed by atoms with Crippen LogP contribution in [0.25, 0.3) is 0 Å². The molecular formula is C21H30O3Si. The van der Waals surface area contributed by atoms with Gasteiger partial charge in [0.05, 0.1) is 32.1 Å². The van der Waals surface area contributed by atoms with E-state index in [0.717, 1.165) is 18.0 Å². The minimum atomic E-state index is -2.11. The molecular weight excluding hydrogens is 328 g/mol. The van der Waals surface area contributed by atoms with Crippen molar-refractivity contribution in [3.63, 3.8) is 0 Å². The van der Waals surface area contributed by atoms with Gasteiger partial charge in [-0.05, 0) is 46.3 Å². The first-order valence-electron chi connectivity index (χ1n) is 9.86. The van der Waals surface area contributed by atoms with Gasteiger partial charge in [-0.1, -0.05) is 47.1 Å². The highest BCUT2D eigenvalue weighted by Gasteiger charge is 2.70. The lowest BCUT2D eigenvalue weighted by Gasteiger charge is -2.45. The van der Waals surface area contributed by atoms with Crippen LogP contribution in [0.1, 0.15) is 54.4 Å². The van der Waals surface area contributed by atoms with Crippen LogP contribution in [0.4, 0.5) is 0 Å². The largest absolute Gasteiger partial charge is 0.373 e. The van der Waals surface area contributed by atoms with E-state index < -0.39 is 14.0 Å². The van der Waals surface area contributed by atoms with Gasteiger partial charge < -0.3 is 4.74 Å². The summed E-state index contributed by atoms with van der Waals surface area (Å²) in [7, 11) is -2.11. The number of carbonyl (C=O) groups excluding carboxylic acids is 2. The smallest absolute Gasteiger partial charge is 0.167 e. The second kappa shape index (κ2) is 5.26. The highest BCUT2D eigenvalue weighted by atomic mass is 28.3. The average molecular weight is 359 g/mol. The Morgan fingerprint density at radius 2 is 1.68 bits per heavy atom. The molecule has 4 rings (SSSR count). The first-order chi connectivity index (χ1) is 11.7. The predicted octanol–water partition coefficient (Wildman–Crippen LogP) is 4.39. The van der Waals surface area contributed by atoms with Crippen molar-refractivity contribution in [3.05, 3.63) is 22.4 Å². The van der Waals surface area contributed by atoms with Crippen LogP contribution >= 0.6 is 0 Å². The fourth-order valence-corrected chi connectivity index (χ4v) is 14.3. The minimum Gasteiger partial charge on any atom is -0.373 e. The summed E-state index contributed by atoms with van der Waals surface area (Å²) >= 11 is 0. The van der Waals surface area contributed by atoms with Crippen LogP contribution in [0, 0.1) is 11.3 Å². The minimum absolute atomic E-state index is 0.0396. The van der Waals surface area contributed by atoms with Crippen molar-refractivity contribution >= 4 is 19.6 Å². The molecule has 25 heavy (non-hydrogen) atoms. The maximum absolute atomic E-state index is 13.8. The zero-order chi connectivity index (χ0) is 18.3. The maximum Gasteiger partial charge on any atom is 0.167 e. The summed E-state index contributed by atoms with van der Waals surface area (Å²) in [5.74, 6) is -0.289. The molecule has 2 fully saturated rings. The van der Waals surface area contributed by atoms with Gasteiger partial charge in [0.1, 0.15) is 0 Å². The third-order valence-electron chi connectivity index (χ3n) is 7.73. The van der Waals surface area contributed by atoms with Crippen LogP contribution < -0.4 is 0 Å². The molecule has 1 saturated carbocycles. The molecule has 0 radical (unpaired) electrons. The number of ether oxygens (including phenoxy) is 1. The molecule has 3 aliphatic carbocycles. The monoisotopic (exact) mass is 358 g/mol. The second-order valence-corrected chi connectivity index (χ2v) is 15.2. The van der Waals surface area contributed by atoms with E-state index >= 15 is 0 Å². The van der Waals surface area contributed by atoms with Crippen LogP contribution in [0.3, 0.4) is 0 Å². The summed E-state index contributed by atoms with van der Waals surface area (Å²) in [5.41, 5.74) is 3.47. The molecule has 1 saturated heterocycles. The number of ketones is 2. The van der Waals surface area contributed by atoms with Crippen molar-refractivity contribution in [2.24, 2.45) is 11.3 Å². The summed E-state index contributed by atoms with van der Waals surface area (Å²) in [6.07, 6.45) is 3.69. The molecule has 1 unspecified atom stereocenters. The number of hydrogen-bond donors (Lipinski definition) is 0. The van der Waals surface area contributed by atoms with Gasteiger partial charge in [0.2, 0.25) is 0 Å². The molecule has 4 aliphatic rings. The first-order valence-corrected chi connectivity index (χ1v) is 12.1. The third-order valence-corrected chi connectivity index (χ3v) is 14.8. The molecule has 2 bridgehead atoms. The Bertz CT molecular complexity index is 706. The SMILES string of the molecule is CC(C)[Si](C1=C2C3CCC4=CC(=O)[C@H](C1=O)[C@@]42CO3)(C(C)C)C(C)C. The Labute approximate surface area is 151 Å². The van der Waals surface area contributed by atoms with Crippen LogP contribution in [-0.4, -0.2) is 32.4 Å². The molecule has 4 heteroatoms. The lowest BCUT2D eigenvalue weighted by Crippen LogP contribution is -2.50. The van der Waals surface area contributed by atoms with E-state index in [1.165, 1.54) is 11.1 Å². The van der Waals surface area contributed by atoms with Gasteiger partial charge in [0.15, 0.2) is 11.6 Å². The van der Waals surface area contributed by atoms with Gasteiger partial charge in [-0.25, -0.2) is 0 Å². The molecule has 1 spiro atoms. The highest BCUT2D eigenvalue weighted by Crippen LogP contribution is 2.67. The maximum atomic E-state index is 13.8. The molecule has 0 aromatic rings. The van der Waals surface area contributed by atoms with E-state index in [1.54, 1.807) is 6.08 Å². The molecule has 0 aromatic carbocycles. The summed E-state index contributed by atoms with van der Waals surface area (Å²) in [6.45, 7) is 14.3. The van der Waals surface area contributed by atoms with Crippen molar-refractivity contribution in [1.29, 1.82) is 0 Å². The standard InChI is InChI=1S/C21H30O3Si/c1-11(2)25(12(3)4,13(5)6)20-18-16-8-7-14-9-15(22)17(19(20)23)21(14,18)10-24-16/h9,11-13,16-17H,7-8,10H2,1-6H3/t16?,17-,21-/m1/s1. The molecule has 0 amide bonds. The Morgan fingerprint density at radius 1 is 1.08 bits per heavy atom. The lowest BCUT2D eigenvalue weighted by molar-refractivity contribution is -0.129. The van der Waals surface area contributed by atoms with E-state index in [9.17, 15) is 9.59 Å². The fourth-order valence-electron chi connectivity index (χ4n) is 7.13. The van der Waals surface area contributed by atoms with Crippen LogP contribution in [-0.2, 0) is 14.3 Å². The number of carbonyl (C=O) groups is 2. The van der Waals surface area contributed by atoms with Gasteiger partial charge in [-0.3, -0.25) is 9.59 Å². The van der Waals surface area contributed by atoms with Gasteiger partial charge in [-0.2, -0.15) is 0 Å². The topological polar surface area (TPSA) is 43.4 Å². The zero-order valence-corrected chi connectivity index (χ0v) is 17.3. The van der Waals surface area contributed by atoms with Crippen molar-refractivity contribution in [2.45, 2.75) is 77.1 Å². The van der Waals surface area contributed by atoms with Crippen molar-refractivity contribution in [1.82, 2.24) is 0 Å². The van der Waals surface area contributed by atoms with Crippen LogP contribution in [0.15, 0.2) is 22.4 Å². The van der Waals surface area contributed by atoms with Gasteiger partial charge in [-0.15, -0.1) is 0 Å². The Kier molecular flexibility index (Phi) is 3.66. The molecule has 0 aromatic heterocycles. The fraction of sp³-hybridized carbons (Fsp3) is 0.714. The van der Waals surface area contributed by atoms with Gasteiger partial charge >= 0.3 is 0 Å². The molecule has 1 aliphatic heterocycles. The molecule has 1 heterocycles. The highest BCUT2D eigenvalue weighted by molar-refractivity contribution is 6.94. The molecule has 136 valence electrons.